The predicted molar refractivity (Wildman–Crippen MR) is 130 cm³/mol. The van der Waals surface area contributed by atoms with Crippen LogP contribution in [0.25, 0.3) is 16.9 Å². The second-order valence-electron chi connectivity index (χ2n) is 7.95. The van der Waals surface area contributed by atoms with Gasteiger partial charge in [0.15, 0.2) is 23.0 Å². The molecule has 1 aliphatic rings. The topological polar surface area (TPSA) is 93.0 Å². The van der Waals surface area contributed by atoms with Crippen LogP contribution < -0.4 is 20.1 Å². The largest absolute Gasteiger partial charge is 0.493 e. The molecule has 9 nitrogen and oxygen atoms in total. The van der Waals surface area contributed by atoms with E-state index in [0.717, 1.165) is 43.1 Å². The molecule has 5 rings (SSSR count). The van der Waals surface area contributed by atoms with Crippen molar-refractivity contribution >= 4 is 23.1 Å². The number of anilines is 2. The highest BCUT2D eigenvalue weighted by Gasteiger charge is 2.18. The van der Waals surface area contributed by atoms with Gasteiger partial charge in [-0.2, -0.15) is 0 Å². The van der Waals surface area contributed by atoms with Gasteiger partial charge < -0.3 is 29.4 Å². The number of hydrogen-bond acceptors (Lipinski definition) is 7. The van der Waals surface area contributed by atoms with E-state index in [4.69, 9.17) is 14.5 Å². The smallest absolute Gasteiger partial charge is 0.253 e. The molecule has 2 N–H and O–H groups in total. The molecule has 1 amide bonds. The van der Waals surface area contributed by atoms with Gasteiger partial charge in [0, 0.05) is 67.7 Å². The zero-order valence-corrected chi connectivity index (χ0v) is 19.1. The van der Waals surface area contributed by atoms with Crippen LogP contribution in [-0.4, -0.2) is 65.6 Å². The summed E-state index contributed by atoms with van der Waals surface area (Å²) in [4.78, 5) is 23.9. The lowest BCUT2D eigenvalue weighted by Crippen LogP contribution is -2.46. The minimum absolute atomic E-state index is 0.0573. The van der Waals surface area contributed by atoms with Crippen molar-refractivity contribution in [3.8, 4) is 22.8 Å². The maximum atomic E-state index is 12.8. The van der Waals surface area contributed by atoms with Gasteiger partial charge in [-0.3, -0.25) is 4.79 Å². The van der Waals surface area contributed by atoms with Crippen molar-refractivity contribution in [3.05, 3.63) is 66.6 Å². The molecule has 0 saturated carbocycles. The number of nitrogens with zero attached hydrogens (tertiary/aromatic N) is 4. The quantitative estimate of drug-likeness (QED) is 0.458. The van der Waals surface area contributed by atoms with E-state index in [1.54, 1.807) is 20.4 Å². The molecule has 0 aliphatic carbocycles. The van der Waals surface area contributed by atoms with Gasteiger partial charge in [0.05, 0.1) is 19.9 Å². The third-order valence-electron chi connectivity index (χ3n) is 5.85. The summed E-state index contributed by atoms with van der Waals surface area (Å²) >= 11 is 0. The van der Waals surface area contributed by atoms with Gasteiger partial charge in [0.2, 0.25) is 0 Å². The van der Waals surface area contributed by atoms with Crippen molar-refractivity contribution in [1.29, 1.82) is 0 Å². The molecule has 3 heterocycles. The molecular weight excluding hydrogens is 432 g/mol. The molecule has 0 bridgehead atoms. The first-order valence-electron chi connectivity index (χ1n) is 11.1. The number of nitrogens with one attached hydrogen (secondary N) is 2. The Hall–Kier alpha value is -4.11. The summed E-state index contributed by atoms with van der Waals surface area (Å²) < 4.78 is 12.7. The lowest BCUT2D eigenvalue weighted by Gasteiger charge is -2.27. The minimum Gasteiger partial charge on any atom is -0.493 e. The normalized spacial score (nSPS) is 13.6. The fraction of sp³-hybridized carbons (Fsp3) is 0.240. The summed E-state index contributed by atoms with van der Waals surface area (Å²) in [6, 6.07) is 13.2. The van der Waals surface area contributed by atoms with Gasteiger partial charge >= 0.3 is 0 Å². The number of rotatable bonds is 6. The van der Waals surface area contributed by atoms with Crippen LogP contribution in [0.5, 0.6) is 11.5 Å². The SMILES string of the molecule is COc1ccc(Nc2nc(-c3ccc(C(=O)N4CCNCC4)cc3)cn3ccnc23)cc1OC. The summed E-state index contributed by atoms with van der Waals surface area (Å²) in [7, 11) is 3.20. The van der Waals surface area contributed by atoms with Crippen LogP contribution in [0.2, 0.25) is 0 Å². The van der Waals surface area contributed by atoms with E-state index in [2.05, 4.69) is 15.6 Å². The first-order chi connectivity index (χ1) is 16.7. The maximum absolute atomic E-state index is 12.8. The van der Waals surface area contributed by atoms with Crippen molar-refractivity contribution in [1.82, 2.24) is 24.6 Å². The van der Waals surface area contributed by atoms with Gasteiger partial charge in [0.1, 0.15) is 0 Å². The monoisotopic (exact) mass is 458 g/mol. The third-order valence-corrected chi connectivity index (χ3v) is 5.85. The Balaban J connectivity index is 1.44. The highest BCUT2D eigenvalue weighted by atomic mass is 16.5. The number of hydrogen-bond donors (Lipinski definition) is 2. The van der Waals surface area contributed by atoms with Crippen molar-refractivity contribution in [2.75, 3.05) is 45.7 Å². The molecule has 4 aromatic rings. The highest BCUT2D eigenvalue weighted by molar-refractivity contribution is 5.94. The van der Waals surface area contributed by atoms with Gasteiger partial charge in [0.25, 0.3) is 5.91 Å². The molecule has 0 radical (unpaired) electrons. The Morgan fingerprint density at radius 1 is 1.03 bits per heavy atom. The Bertz CT molecular complexity index is 1310. The first-order valence-corrected chi connectivity index (χ1v) is 11.1. The number of amides is 1. The van der Waals surface area contributed by atoms with E-state index in [1.165, 1.54) is 0 Å². The van der Waals surface area contributed by atoms with Crippen LogP contribution >= 0.6 is 0 Å². The van der Waals surface area contributed by atoms with Crippen LogP contribution in [-0.2, 0) is 0 Å². The van der Waals surface area contributed by atoms with Gasteiger partial charge in [-0.05, 0) is 24.3 Å². The summed E-state index contributed by atoms with van der Waals surface area (Å²) in [6.45, 7) is 3.11. The number of piperazine rings is 1. The molecule has 34 heavy (non-hydrogen) atoms. The number of fused-ring (bicyclic) bond motifs is 1. The van der Waals surface area contributed by atoms with Crippen LogP contribution in [0.1, 0.15) is 10.4 Å². The molecule has 1 fully saturated rings. The van der Waals surface area contributed by atoms with Crippen molar-refractivity contribution in [3.63, 3.8) is 0 Å². The second-order valence-corrected chi connectivity index (χ2v) is 7.95. The van der Waals surface area contributed by atoms with Crippen LogP contribution in [0, 0.1) is 0 Å². The number of methoxy groups -OCH3 is 2. The average Bonchev–Trinajstić information content (AvgIpc) is 3.38. The minimum atomic E-state index is 0.0573. The molecule has 1 saturated heterocycles. The lowest BCUT2D eigenvalue weighted by atomic mass is 10.1. The Labute approximate surface area is 197 Å². The Morgan fingerprint density at radius 2 is 1.79 bits per heavy atom. The molecule has 0 atom stereocenters. The van der Waals surface area contributed by atoms with Crippen molar-refractivity contribution < 1.29 is 14.3 Å². The standard InChI is InChI=1S/C25H26N6O3/c1-33-21-8-7-19(15-22(21)34-2)28-23-24-27-11-14-31(24)16-20(29-23)17-3-5-18(6-4-17)25(32)30-12-9-26-10-13-30/h3-8,11,14-16,26H,9-10,12-13H2,1-2H3,(H,28,29). The van der Waals surface area contributed by atoms with Gasteiger partial charge in [-0.15, -0.1) is 0 Å². The zero-order chi connectivity index (χ0) is 23.5. The molecule has 0 spiro atoms. The zero-order valence-electron chi connectivity index (χ0n) is 19.1. The van der Waals surface area contributed by atoms with E-state index in [9.17, 15) is 4.79 Å². The highest BCUT2D eigenvalue weighted by Crippen LogP contribution is 2.32. The molecule has 1 aliphatic heterocycles. The Kier molecular flexibility index (Phi) is 6.01. The summed E-state index contributed by atoms with van der Waals surface area (Å²) in [5.41, 5.74) is 3.84. The molecule has 2 aromatic heterocycles. The van der Waals surface area contributed by atoms with E-state index in [0.29, 0.717) is 28.5 Å². The van der Waals surface area contributed by atoms with Gasteiger partial charge in [-0.25, -0.2) is 9.97 Å². The van der Waals surface area contributed by atoms with Crippen molar-refractivity contribution in [2.24, 2.45) is 0 Å². The fourth-order valence-corrected chi connectivity index (χ4v) is 4.04. The third kappa shape index (κ3) is 4.25. The summed E-state index contributed by atoms with van der Waals surface area (Å²) in [5, 5.41) is 6.62. The van der Waals surface area contributed by atoms with Crippen LogP contribution in [0.4, 0.5) is 11.5 Å². The average molecular weight is 459 g/mol. The van der Waals surface area contributed by atoms with E-state index in [1.807, 2.05) is 64.2 Å². The molecule has 174 valence electrons. The Morgan fingerprint density at radius 3 is 2.53 bits per heavy atom. The number of imidazole rings is 1. The van der Waals surface area contributed by atoms with E-state index in [-0.39, 0.29) is 5.91 Å². The number of benzene rings is 2. The first kappa shape index (κ1) is 21.7. The second kappa shape index (κ2) is 9.40. The molecular formula is C25H26N6O3. The van der Waals surface area contributed by atoms with Gasteiger partial charge in [-0.1, -0.05) is 12.1 Å². The van der Waals surface area contributed by atoms with Crippen LogP contribution in [0.3, 0.4) is 0 Å². The molecule has 9 heteroatoms. The molecule has 2 aromatic carbocycles. The number of ether oxygens (including phenoxy) is 2. The lowest BCUT2D eigenvalue weighted by molar-refractivity contribution is 0.0736. The maximum Gasteiger partial charge on any atom is 0.253 e. The van der Waals surface area contributed by atoms with E-state index < -0.39 is 0 Å². The fourth-order valence-electron chi connectivity index (χ4n) is 4.04. The summed E-state index contributed by atoms with van der Waals surface area (Å²) in [6.07, 6.45) is 5.54. The molecule has 0 unspecified atom stereocenters. The van der Waals surface area contributed by atoms with Crippen molar-refractivity contribution in [2.45, 2.75) is 0 Å². The predicted octanol–water partition coefficient (Wildman–Crippen LogP) is 3.20. The van der Waals surface area contributed by atoms with Crippen LogP contribution in [0.15, 0.2) is 61.1 Å². The number of carbonyl (C=O) groups excluding carboxylic acids is 1. The number of carbonyl (C=O) groups is 1. The summed E-state index contributed by atoms with van der Waals surface area (Å²) in [5.74, 6) is 1.93. The van der Waals surface area contributed by atoms with E-state index >= 15 is 0 Å². The number of aromatic nitrogens is 3.